The number of nitrogens with one attached hydrogen (secondary N) is 1. The monoisotopic (exact) mass is 298 g/mol. The van der Waals surface area contributed by atoms with Crippen LogP contribution in [0.5, 0.6) is 0 Å². The molecule has 0 bridgehead atoms. The van der Waals surface area contributed by atoms with Crippen LogP contribution in [0.2, 0.25) is 0 Å². The fraction of sp³-hybridized carbons (Fsp3) is 1.00. The van der Waals surface area contributed by atoms with Gasteiger partial charge in [0.05, 0.1) is 12.2 Å². The highest BCUT2D eigenvalue weighted by Gasteiger charge is 2.38. The molecule has 2 unspecified atom stereocenters. The molecule has 0 aromatic rings. The molecule has 21 heavy (non-hydrogen) atoms. The molecule has 2 fully saturated rings. The molecule has 2 rings (SSSR count). The third kappa shape index (κ3) is 4.92. The van der Waals surface area contributed by atoms with E-state index < -0.39 is 0 Å². The Morgan fingerprint density at radius 2 is 2.14 bits per heavy atom. The summed E-state index contributed by atoms with van der Waals surface area (Å²) in [4.78, 5) is 2.61. The third-order valence-electron chi connectivity index (χ3n) is 5.12. The van der Waals surface area contributed by atoms with Gasteiger partial charge in [-0.2, -0.15) is 0 Å². The highest BCUT2D eigenvalue weighted by molar-refractivity contribution is 4.91. The van der Waals surface area contributed by atoms with Crippen LogP contribution in [-0.4, -0.2) is 63.5 Å². The average Bonchev–Trinajstić information content (AvgIpc) is 2.48. The minimum Gasteiger partial charge on any atom is -0.381 e. The summed E-state index contributed by atoms with van der Waals surface area (Å²) >= 11 is 0. The van der Waals surface area contributed by atoms with Crippen LogP contribution in [-0.2, 0) is 9.47 Å². The molecular formula is C17H34N2O2. The molecule has 0 spiro atoms. The Kier molecular flexibility index (Phi) is 6.48. The van der Waals surface area contributed by atoms with Gasteiger partial charge in [-0.25, -0.2) is 0 Å². The number of hydrogen-bond acceptors (Lipinski definition) is 4. The number of likely N-dealkylation sites (tertiary alicyclic amines) is 1. The van der Waals surface area contributed by atoms with Crippen LogP contribution < -0.4 is 5.32 Å². The Labute approximate surface area is 130 Å². The van der Waals surface area contributed by atoms with Gasteiger partial charge in [-0.15, -0.1) is 0 Å². The second-order valence-electron chi connectivity index (χ2n) is 7.30. The van der Waals surface area contributed by atoms with Crippen LogP contribution in [0.3, 0.4) is 0 Å². The molecule has 0 amide bonds. The summed E-state index contributed by atoms with van der Waals surface area (Å²) in [7, 11) is 1.85. The average molecular weight is 298 g/mol. The first-order valence-electron chi connectivity index (χ1n) is 8.67. The van der Waals surface area contributed by atoms with Crippen LogP contribution in [0.25, 0.3) is 0 Å². The lowest BCUT2D eigenvalue weighted by Crippen LogP contribution is -2.54. The Morgan fingerprint density at radius 1 is 1.29 bits per heavy atom. The van der Waals surface area contributed by atoms with Crippen molar-refractivity contribution in [1.29, 1.82) is 0 Å². The van der Waals surface area contributed by atoms with Crippen molar-refractivity contribution in [2.45, 2.75) is 51.6 Å². The molecule has 2 aliphatic rings. The maximum absolute atomic E-state index is 5.84. The van der Waals surface area contributed by atoms with Gasteiger partial charge in [0.1, 0.15) is 0 Å². The molecule has 2 saturated heterocycles. The Bertz CT molecular complexity index is 305. The molecule has 0 saturated carbocycles. The highest BCUT2D eigenvalue weighted by atomic mass is 16.5. The van der Waals surface area contributed by atoms with Crippen molar-refractivity contribution in [1.82, 2.24) is 10.2 Å². The summed E-state index contributed by atoms with van der Waals surface area (Å²) in [6.45, 7) is 11.9. The molecule has 124 valence electrons. The molecule has 0 aromatic heterocycles. The van der Waals surface area contributed by atoms with E-state index in [9.17, 15) is 0 Å². The molecule has 2 aliphatic heterocycles. The standard InChI is InChI=1S/C17H34N2O2/c1-4-9-18-12-17(8-6-11-21-15-17)14-19-10-5-7-16(2,13-19)20-3/h18H,4-15H2,1-3H3. The lowest BCUT2D eigenvalue weighted by atomic mass is 9.80. The summed E-state index contributed by atoms with van der Waals surface area (Å²) in [6.07, 6.45) is 6.09. The first kappa shape index (κ1) is 17.2. The van der Waals surface area contributed by atoms with E-state index in [4.69, 9.17) is 9.47 Å². The summed E-state index contributed by atoms with van der Waals surface area (Å²) in [6, 6.07) is 0. The van der Waals surface area contributed by atoms with Crippen molar-refractivity contribution in [3.8, 4) is 0 Å². The fourth-order valence-corrected chi connectivity index (χ4v) is 3.84. The van der Waals surface area contributed by atoms with Crippen LogP contribution in [0, 0.1) is 5.41 Å². The van der Waals surface area contributed by atoms with E-state index >= 15 is 0 Å². The second kappa shape index (κ2) is 7.91. The molecule has 0 radical (unpaired) electrons. The smallest absolute Gasteiger partial charge is 0.0777 e. The van der Waals surface area contributed by atoms with Crippen molar-refractivity contribution in [2.24, 2.45) is 5.41 Å². The zero-order chi connectivity index (χ0) is 15.2. The van der Waals surface area contributed by atoms with E-state index in [0.29, 0.717) is 5.41 Å². The molecule has 0 aliphatic carbocycles. The fourth-order valence-electron chi connectivity index (χ4n) is 3.84. The van der Waals surface area contributed by atoms with E-state index in [-0.39, 0.29) is 5.60 Å². The lowest BCUT2D eigenvalue weighted by Gasteiger charge is -2.46. The van der Waals surface area contributed by atoms with Gasteiger partial charge in [0.15, 0.2) is 0 Å². The van der Waals surface area contributed by atoms with Gasteiger partial charge in [-0.05, 0) is 52.1 Å². The van der Waals surface area contributed by atoms with Crippen LogP contribution in [0.1, 0.15) is 46.0 Å². The summed E-state index contributed by atoms with van der Waals surface area (Å²) in [5.74, 6) is 0. The minimum atomic E-state index is 0.0335. The minimum absolute atomic E-state index is 0.0335. The SMILES string of the molecule is CCCNCC1(CN2CCCC(C)(OC)C2)CCCOC1. The zero-order valence-corrected chi connectivity index (χ0v) is 14.2. The number of nitrogens with zero attached hydrogens (tertiary/aromatic N) is 1. The van der Waals surface area contributed by atoms with E-state index in [1.165, 1.54) is 38.6 Å². The molecule has 0 aromatic carbocycles. The predicted octanol–water partition coefficient (Wildman–Crippen LogP) is 2.28. The first-order valence-corrected chi connectivity index (χ1v) is 8.67. The zero-order valence-electron chi connectivity index (χ0n) is 14.2. The van der Waals surface area contributed by atoms with Gasteiger partial charge < -0.3 is 14.8 Å². The van der Waals surface area contributed by atoms with Crippen molar-refractivity contribution >= 4 is 0 Å². The van der Waals surface area contributed by atoms with Gasteiger partial charge >= 0.3 is 0 Å². The summed E-state index contributed by atoms with van der Waals surface area (Å²) < 4.78 is 11.6. The molecular weight excluding hydrogens is 264 g/mol. The predicted molar refractivity (Wildman–Crippen MR) is 86.7 cm³/mol. The quantitative estimate of drug-likeness (QED) is 0.731. The topological polar surface area (TPSA) is 33.7 Å². The highest BCUT2D eigenvalue weighted by Crippen LogP contribution is 2.32. The Balaban J connectivity index is 1.94. The van der Waals surface area contributed by atoms with Crippen LogP contribution >= 0.6 is 0 Å². The molecule has 4 nitrogen and oxygen atoms in total. The second-order valence-corrected chi connectivity index (χ2v) is 7.30. The summed E-state index contributed by atoms with van der Waals surface area (Å²) in [5, 5.41) is 3.63. The largest absolute Gasteiger partial charge is 0.381 e. The van der Waals surface area contributed by atoms with Crippen LogP contribution in [0.4, 0.5) is 0 Å². The van der Waals surface area contributed by atoms with Gasteiger partial charge in [0.25, 0.3) is 0 Å². The number of piperidine rings is 1. The number of methoxy groups -OCH3 is 1. The maximum Gasteiger partial charge on any atom is 0.0777 e. The molecule has 2 atom stereocenters. The number of ether oxygens (including phenoxy) is 2. The number of hydrogen-bond donors (Lipinski definition) is 1. The van der Waals surface area contributed by atoms with Gasteiger partial charge in [0, 0.05) is 38.8 Å². The number of rotatable bonds is 7. The Morgan fingerprint density at radius 3 is 2.81 bits per heavy atom. The molecule has 1 N–H and O–H groups in total. The van der Waals surface area contributed by atoms with Gasteiger partial charge in [0.2, 0.25) is 0 Å². The van der Waals surface area contributed by atoms with Gasteiger partial charge in [-0.3, -0.25) is 4.90 Å². The first-order chi connectivity index (χ1) is 10.1. The van der Waals surface area contributed by atoms with Gasteiger partial charge in [-0.1, -0.05) is 6.92 Å². The van der Waals surface area contributed by atoms with Crippen molar-refractivity contribution in [3.63, 3.8) is 0 Å². The molecule has 2 heterocycles. The van der Waals surface area contributed by atoms with Crippen LogP contribution in [0.15, 0.2) is 0 Å². The maximum atomic E-state index is 5.84. The van der Waals surface area contributed by atoms with Crippen molar-refractivity contribution in [3.05, 3.63) is 0 Å². The summed E-state index contributed by atoms with van der Waals surface area (Å²) in [5.41, 5.74) is 0.325. The third-order valence-corrected chi connectivity index (χ3v) is 5.12. The molecule has 4 heteroatoms. The van der Waals surface area contributed by atoms with E-state index in [1.54, 1.807) is 0 Å². The van der Waals surface area contributed by atoms with E-state index in [2.05, 4.69) is 24.1 Å². The normalized spacial score (nSPS) is 35.0. The van der Waals surface area contributed by atoms with Crippen molar-refractivity contribution in [2.75, 3.05) is 53.0 Å². The van der Waals surface area contributed by atoms with Crippen molar-refractivity contribution < 1.29 is 9.47 Å². The van der Waals surface area contributed by atoms with E-state index in [0.717, 1.165) is 39.4 Å². The Hall–Kier alpha value is -0.160. The lowest BCUT2D eigenvalue weighted by molar-refractivity contribution is -0.0772. The van der Waals surface area contributed by atoms with E-state index in [1.807, 2.05) is 7.11 Å².